The average Bonchev–Trinajstić information content (AvgIpc) is 1.53. The summed E-state index contributed by atoms with van der Waals surface area (Å²) >= 11 is 8.43. The van der Waals surface area contributed by atoms with Crippen LogP contribution >= 0.6 is 57.1 Å². The Bertz CT molecular complexity index is 2780. The van der Waals surface area contributed by atoms with E-state index in [9.17, 15) is 0 Å². The lowest BCUT2D eigenvalue weighted by Crippen LogP contribution is -2.07. The molecule has 0 radical (unpaired) electrons. The summed E-state index contributed by atoms with van der Waals surface area (Å²) in [6, 6.07) is 11.1. The van der Waals surface area contributed by atoms with Crippen molar-refractivity contribution in [1.82, 2.24) is 8.75 Å². The molecule has 0 saturated heterocycles. The third kappa shape index (κ3) is 26.9. The maximum atomic E-state index is 16.6. The molecule has 2 atom stereocenters. The van der Waals surface area contributed by atoms with E-state index in [0.29, 0.717) is 25.0 Å². The number of nitrogens with zero attached hydrogens (tertiary/aromatic N) is 2. The van der Waals surface area contributed by atoms with Gasteiger partial charge in [-0.15, -0.1) is 45.3 Å². The van der Waals surface area contributed by atoms with Gasteiger partial charge in [-0.25, -0.2) is 4.39 Å². The Morgan fingerprint density at radius 3 is 1.12 bits per heavy atom. The summed E-state index contributed by atoms with van der Waals surface area (Å²) in [5.74, 6) is 2.82. The lowest BCUT2D eigenvalue weighted by atomic mass is 9.88. The number of aromatic nitrogens is 2. The maximum Gasteiger partial charge on any atom is 0.172 e. The molecule has 0 amide bonds. The Balaban J connectivity index is 1.47. The van der Waals surface area contributed by atoms with Crippen molar-refractivity contribution in [3.05, 3.63) is 57.0 Å². The molecule has 2 unspecified atom stereocenters. The van der Waals surface area contributed by atoms with Crippen LogP contribution < -0.4 is 9.47 Å². The van der Waals surface area contributed by atoms with Crippen molar-refractivity contribution < 1.29 is 13.9 Å². The third-order valence-corrected chi connectivity index (χ3v) is 24.5. The molecule has 1 aromatic carbocycles. The van der Waals surface area contributed by atoms with Gasteiger partial charge < -0.3 is 9.47 Å². The molecule has 506 valence electrons. The molecule has 0 saturated carbocycles. The monoisotopic (exact) mass is 1330 g/mol. The van der Waals surface area contributed by atoms with Crippen molar-refractivity contribution in [2.45, 2.75) is 351 Å². The van der Waals surface area contributed by atoms with Gasteiger partial charge in [0.1, 0.15) is 16.9 Å². The van der Waals surface area contributed by atoms with Gasteiger partial charge in [0.05, 0.1) is 40.9 Å². The van der Waals surface area contributed by atoms with Crippen LogP contribution in [0.3, 0.4) is 0 Å². The van der Waals surface area contributed by atoms with Crippen LogP contribution in [0.25, 0.3) is 51.4 Å². The highest BCUT2D eigenvalue weighted by molar-refractivity contribution is 7.27. The van der Waals surface area contributed by atoms with Crippen LogP contribution in [0.15, 0.2) is 30.3 Å². The van der Waals surface area contributed by atoms with Crippen molar-refractivity contribution in [2.24, 2.45) is 11.8 Å². The molecule has 5 aromatic heterocycles. The van der Waals surface area contributed by atoms with Gasteiger partial charge in [-0.3, -0.25) is 0 Å². The van der Waals surface area contributed by atoms with Gasteiger partial charge in [0.2, 0.25) is 0 Å². The molecule has 0 aliphatic rings. The van der Waals surface area contributed by atoms with E-state index in [0.717, 1.165) is 91.7 Å². The zero-order chi connectivity index (χ0) is 63.8. The van der Waals surface area contributed by atoms with Crippen molar-refractivity contribution in [3.63, 3.8) is 0 Å². The minimum Gasteiger partial charge on any atom is -0.489 e. The average molecular weight is 1330 g/mol. The van der Waals surface area contributed by atoms with Crippen LogP contribution in [-0.2, 0) is 12.8 Å². The molecule has 0 aliphatic heterocycles. The Morgan fingerprint density at radius 2 is 0.722 bits per heavy atom. The van der Waals surface area contributed by atoms with Crippen LogP contribution in [0.1, 0.15) is 345 Å². The Morgan fingerprint density at radius 1 is 0.367 bits per heavy atom. The number of ether oxygens (including phenoxy) is 2. The number of hydrogen-bond donors (Lipinski definition) is 0. The second-order valence-corrected chi connectivity index (χ2v) is 32.4. The Hall–Kier alpha value is -2.63. The number of unbranched alkanes of at least 4 members (excludes halogenated alkanes) is 34. The largest absolute Gasteiger partial charge is 0.489 e. The molecule has 10 heteroatoms. The highest BCUT2D eigenvalue weighted by Crippen LogP contribution is 2.56. The fraction of sp³-hybridized carbons (Fsp3) is 0.725. The number of thiophene rings is 4. The van der Waals surface area contributed by atoms with Crippen molar-refractivity contribution in [2.75, 3.05) is 13.2 Å². The summed E-state index contributed by atoms with van der Waals surface area (Å²) in [5.41, 5.74) is 6.77. The number of halogens is 1. The lowest BCUT2D eigenvalue weighted by Gasteiger charge is -2.20. The first kappa shape index (κ1) is 76.4. The van der Waals surface area contributed by atoms with E-state index in [2.05, 4.69) is 79.7 Å². The summed E-state index contributed by atoms with van der Waals surface area (Å²) in [6.45, 7) is 19.6. The summed E-state index contributed by atoms with van der Waals surface area (Å²) in [7, 11) is 0. The topological polar surface area (TPSA) is 44.2 Å². The minimum absolute atomic E-state index is 0.114. The van der Waals surface area contributed by atoms with E-state index in [4.69, 9.17) is 18.2 Å². The van der Waals surface area contributed by atoms with E-state index in [1.54, 1.807) is 22.7 Å². The van der Waals surface area contributed by atoms with E-state index >= 15 is 4.39 Å². The van der Waals surface area contributed by atoms with Crippen LogP contribution in [0.5, 0.6) is 11.5 Å². The number of hydrogen-bond acceptors (Lipinski definition) is 9. The molecule has 0 spiro atoms. The molecule has 0 bridgehead atoms. The van der Waals surface area contributed by atoms with Gasteiger partial charge in [-0.1, -0.05) is 311 Å². The predicted molar refractivity (Wildman–Crippen MR) is 403 cm³/mol. The normalized spacial score (nSPS) is 12.5. The predicted octanol–water partition coefficient (Wildman–Crippen LogP) is 29.7. The molecule has 0 N–H and O–H groups in total. The maximum absolute atomic E-state index is 16.6. The second-order valence-electron chi connectivity index (χ2n) is 27.2. The van der Waals surface area contributed by atoms with Crippen LogP contribution in [-0.4, -0.2) is 22.0 Å². The zero-order valence-corrected chi connectivity index (χ0v) is 62.7. The highest BCUT2D eigenvalue weighted by atomic mass is 32.1. The minimum atomic E-state index is -0.114. The van der Waals surface area contributed by atoms with Crippen LogP contribution in [0.2, 0.25) is 0 Å². The summed E-state index contributed by atoms with van der Waals surface area (Å²) in [5, 5.41) is 0. The van der Waals surface area contributed by atoms with E-state index < -0.39 is 0 Å². The smallest absolute Gasteiger partial charge is 0.172 e. The second kappa shape index (κ2) is 46.5. The number of benzene rings is 1. The molecule has 0 aliphatic carbocycles. The van der Waals surface area contributed by atoms with E-state index in [-0.39, 0.29) is 5.82 Å². The number of rotatable bonds is 56. The number of aryl methyl sites for hydroxylation is 2. The van der Waals surface area contributed by atoms with Gasteiger partial charge in [0.25, 0.3) is 0 Å². The molecule has 6 rings (SSSR count). The van der Waals surface area contributed by atoms with Gasteiger partial charge in [0, 0.05) is 34.1 Å². The van der Waals surface area contributed by atoms with Crippen LogP contribution in [0.4, 0.5) is 4.39 Å². The number of fused-ring (bicyclic) bond motifs is 1. The summed E-state index contributed by atoms with van der Waals surface area (Å²) in [6.07, 6.45) is 59.2. The molecule has 6 aromatic rings. The van der Waals surface area contributed by atoms with Crippen molar-refractivity contribution in [1.29, 1.82) is 0 Å². The Labute approximate surface area is 571 Å². The molecule has 5 heterocycles. The highest BCUT2D eigenvalue weighted by Gasteiger charge is 2.31. The van der Waals surface area contributed by atoms with Gasteiger partial charge in [-0.2, -0.15) is 8.75 Å². The molecular weight excluding hydrogens is 1200 g/mol. The molecule has 4 nitrogen and oxygen atoms in total. The fourth-order valence-electron chi connectivity index (χ4n) is 13.6. The standard InChI is InChI=1S/C80H127FN2O2S5/c1-9-15-21-27-33-35-39-45-50-64(49-43-37-29-23-17-11-3)57-66-59-70(87-63(66)8)73-75-76(83-90-82-75)74(78(85-56-48-42-32-26-20-14-6)77(73)84-55-47-41-31-25-19-13-5)71-60-67(79(88-71)72-61-68(81)80(89-72)69-54-53-62(7)86-69)58-65(51-44-38-30-24-18-12-4)52-46-40-36-34-28-22-16-10-2/h53-54,59-61,64-65H,9-52,55-58H2,1-8H3. The fourth-order valence-corrected chi connectivity index (χ4v) is 18.7. The van der Waals surface area contributed by atoms with Crippen molar-refractivity contribution in [3.8, 4) is 51.9 Å². The first-order chi connectivity index (χ1) is 44.2. The van der Waals surface area contributed by atoms with Crippen molar-refractivity contribution >= 4 is 68.1 Å². The van der Waals surface area contributed by atoms with Gasteiger partial charge in [0.15, 0.2) is 11.5 Å². The van der Waals surface area contributed by atoms with Gasteiger partial charge in [-0.05, 0) is 92.8 Å². The molecule has 90 heavy (non-hydrogen) atoms. The quantitative estimate of drug-likeness (QED) is 0.0357. The molecule has 0 fully saturated rings. The molecular formula is C80H127FN2O2S5. The SMILES string of the molecule is CCCCCCCCCCC(CCCCCCCC)Cc1cc(-c2c(OCCCCCCCC)c(OCCCCCCCC)c(-c3cc(CC(CCCCCCCC)CCCCCCCCCC)c(-c4cc(F)c(-c5ccc(C)s5)s4)s3)c3nsnc23)sc1C. The van der Waals surface area contributed by atoms with E-state index in [1.807, 2.05) is 28.7 Å². The first-order valence-corrected chi connectivity index (χ1v) is 41.9. The summed E-state index contributed by atoms with van der Waals surface area (Å²) in [4.78, 5) is 9.00. The van der Waals surface area contributed by atoms with Crippen LogP contribution in [0, 0.1) is 31.5 Å². The first-order valence-electron chi connectivity index (χ1n) is 37.9. The third-order valence-electron chi connectivity index (χ3n) is 19.2. The van der Waals surface area contributed by atoms with E-state index in [1.165, 1.54) is 299 Å². The lowest BCUT2D eigenvalue weighted by molar-refractivity contribution is 0.260. The Kier molecular flexibility index (Phi) is 39.5. The zero-order valence-electron chi connectivity index (χ0n) is 58.6. The van der Waals surface area contributed by atoms with Gasteiger partial charge >= 0.3 is 0 Å². The summed E-state index contributed by atoms with van der Waals surface area (Å²) < 4.78 is 42.2.